The van der Waals surface area contributed by atoms with E-state index in [-0.39, 0.29) is 24.0 Å². The molecule has 1 aromatic carbocycles. The lowest BCUT2D eigenvalue weighted by molar-refractivity contribution is -0.142. The largest absolute Gasteiger partial charge is 0.491 e. The van der Waals surface area contributed by atoms with Crippen molar-refractivity contribution in [2.45, 2.75) is 51.2 Å². The molecule has 1 N–H and O–H groups in total. The first-order valence-electron chi connectivity index (χ1n) is 10.4. The van der Waals surface area contributed by atoms with Gasteiger partial charge >= 0.3 is 5.97 Å². The molecule has 1 fully saturated rings. The molecule has 2 aliphatic rings. The van der Waals surface area contributed by atoms with Gasteiger partial charge in [0.1, 0.15) is 11.8 Å². The second-order valence-corrected chi connectivity index (χ2v) is 8.73. The van der Waals surface area contributed by atoms with Gasteiger partial charge in [0.2, 0.25) is 0 Å². The van der Waals surface area contributed by atoms with Crippen LogP contribution in [-0.4, -0.2) is 35.0 Å². The SMILES string of the molecule is CC1COc2cn(C(CC3CCCCO3)C(=O)O)c(=O)cc2-c2cc(Cl)ccc2C1. The minimum absolute atomic E-state index is 0.158. The molecule has 1 aromatic heterocycles. The van der Waals surface area contributed by atoms with Crippen molar-refractivity contribution in [2.75, 3.05) is 13.2 Å². The van der Waals surface area contributed by atoms with Gasteiger partial charge < -0.3 is 14.6 Å². The van der Waals surface area contributed by atoms with E-state index in [1.54, 1.807) is 6.20 Å². The fraction of sp³-hybridized carbons (Fsp3) is 0.478. The van der Waals surface area contributed by atoms with Crippen LogP contribution in [0.25, 0.3) is 11.1 Å². The maximum Gasteiger partial charge on any atom is 0.326 e. The third-order valence-electron chi connectivity index (χ3n) is 5.88. The number of nitrogens with zero attached hydrogens (tertiary/aromatic N) is 1. The minimum Gasteiger partial charge on any atom is -0.491 e. The zero-order valence-corrected chi connectivity index (χ0v) is 17.7. The zero-order chi connectivity index (χ0) is 21.3. The lowest BCUT2D eigenvalue weighted by Gasteiger charge is -2.27. The zero-order valence-electron chi connectivity index (χ0n) is 17.0. The molecule has 2 aromatic rings. The van der Waals surface area contributed by atoms with Gasteiger partial charge in [-0.3, -0.25) is 9.36 Å². The summed E-state index contributed by atoms with van der Waals surface area (Å²) in [6.07, 6.45) is 5.26. The summed E-state index contributed by atoms with van der Waals surface area (Å²) >= 11 is 6.23. The number of hydrogen-bond acceptors (Lipinski definition) is 4. The Bertz CT molecular complexity index is 996. The van der Waals surface area contributed by atoms with E-state index in [0.717, 1.165) is 36.8 Å². The highest BCUT2D eigenvalue weighted by Gasteiger charge is 2.29. The van der Waals surface area contributed by atoms with E-state index in [0.29, 0.717) is 29.5 Å². The second kappa shape index (κ2) is 8.82. The van der Waals surface area contributed by atoms with Gasteiger partial charge in [-0.05, 0) is 54.9 Å². The molecule has 0 amide bonds. The molecule has 0 bridgehead atoms. The predicted octanol–water partition coefficient (Wildman–Crippen LogP) is 4.32. The number of aromatic nitrogens is 1. The van der Waals surface area contributed by atoms with Crippen molar-refractivity contribution in [3.8, 4) is 16.9 Å². The van der Waals surface area contributed by atoms with E-state index in [1.807, 2.05) is 18.2 Å². The van der Waals surface area contributed by atoms with Crippen LogP contribution in [0.2, 0.25) is 5.02 Å². The molecular formula is C23H26ClNO5. The van der Waals surface area contributed by atoms with Gasteiger partial charge in [0.15, 0.2) is 0 Å². The molecule has 2 aliphatic heterocycles. The highest BCUT2D eigenvalue weighted by Crippen LogP contribution is 2.37. The molecule has 3 heterocycles. The van der Waals surface area contributed by atoms with E-state index in [2.05, 4.69) is 6.92 Å². The smallest absolute Gasteiger partial charge is 0.326 e. The molecule has 1 saturated heterocycles. The van der Waals surface area contributed by atoms with E-state index in [4.69, 9.17) is 21.1 Å². The summed E-state index contributed by atoms with van der Waals surface area (Å²) in [5, 5.41) is 10.4. The highest BCUT2D eigenvalue weighted by molar-refractivity contribution is 6.30. The van der Waals surface area contributed by atoms with Crippen LogP contribution >= 0.6 is 11.6 Å². The van der Waals surface area contributed by atoms with Gasteiger partial charge in [0.05, 0.1) is 18.9 Å². The van der Waals surface area contributed by atoms with Gasteiger partial charge in [-0.1, -0.05) is 24.6 Å². The molecule has 0 radical (unpaired) electrons. The standard InChI is InChI=1S/C23H26ClNO5/c1-14-8-15-5-6-16(24)9-18(15)19-11-22(26)25(12-21(19)30-13-14)20(23(27)28)10-17-4-2-3-7-29-17/h5-6,9,11-12,14,17,20H,2-4,7-8,10,13H2,1H3,(H,27,28). The Morgan fingerprint density at radius 2 is 2.13 bits per heavy atom. The topological polar surface area (TPSA) is 77.8 Å². The minimum atomic E-state index is -1.05. The Balaban J connectivity index is 1.77. The molecule has 0 spiro atoms. The highest BCUT2D eigenvalue weighted by atomic mass is 35.5. The molecule has 7 heteroatoms. The maximum atomic E-state index is 13.0. The second-order valence-electron chi connectivity index (χ2n) is 8.30. The van der Waals surface area contributed by atoms with E-state index >= 15 is 0 Å². The van der Waals surface area contributed by atoms with E-state index < -0.39 is 12.0 Å². The van der Waals surface area contributed by atoms with Gasteiger partial charge in [-0.2, -0.15) is 0 Å². The maximum absolute atomic E-state index is 13.0. The molecule has 3 unspecified atom stereocenters. The molecule has 30 heavy (non-hydrogen) atoms. The van der Waals surface area contributed by atoms with Gasteiger partial charge in [-0.25, -0.2) is 4.79 Å². The van der Waals surface area contributed by atoms with Crippen LogP contribution in [0.1, 0.15) is 44.2 Å². The fourth-order valence-corrected chi connectivity index (χ4v) is 4.49. The van der Waals surface area contributed by atoms with Crippen molar-refractivity contribution in [1.29, 1.82) is 0 Å². The van der Waals surface area contributed by atoms with E-state index in [9.17, 15) is 14.7 Å². The van der Waals surface area contributed by atoms with Crippen molar-refractivity contribution in [3.63, 3.8) is 0 Å². The first-order chi connectivity index (χ1) is 14.4. The lowest BCUT2D eigenvalue weighted by atomic mass is 9.92. The molecule has 0 aliphatic carbocycles. The number of hydrogen-bond donors (Lipinski definition) is 1. The van der Waals surface area contributed by atoms with Crippen LogP contribution in [0, 0.1) is 5.92 Å². The number of carbonyl (C=O) groups is 1. The average Bonchev–Trinajstić information content (AvgIpc) is 2.72. The Morgan fingerprint density at radius 1 is 1.30 bits per heavy atom. The van der Waals surface area contributed by atoms with Gasteiger partial charge in [0.25, 0.3) is 5.56 Å². The van der Waals surface area contributed by atoms with Crippen LogP contribution in [0.15, 0.2) is 35.3 Å². The number of benzene rings is 1. The quantitative estimate of drug-likeness (QED) is 0.779. The molecular weight excluding hydrogens is 406 g/mol. The lowest BCUT2D eigenvalue weighted by Crippen LogP contribution is -2.34. The first kappa shape index (κ1) is 20.9. The van der Waals surface area contributed by atoms with Gasteiger partial charge in [0, 0.05) is 29.7 Å². The number of pyridine rings is 1. The third-order valence-corrected chi connectivity index (χ3v) is 6.11. The van der Waals surface area contributed by atoms with Crippen LogP contribution in [0.3, 0.4) is 0 Å². The number of carboxylic acids is 1. The average molecular weight is 432 g/mol. The Kier molecular flexibility index (Phi) is 6.16. The van der Waals surface area contributed by atoms with E-state index in [1.165, 1.54) is 10.6 Å². The summed E-state index contributed by atoms with van der Waals surface area (Å²) in [6.45, 7) is 3.21. The number of carboxylic acid groups (broad SMARTS) is 1. The van der Waals surface area contributed by atoms with Crippen LogP contribution in [0.5, 0.6) is 5.75 Å². The van der Waals surface area contributed by atoms with Crippen LogP contribution in [-0.2, 0) is 16.0 Å². The number of halogens is 1. The third kappa shape index (κ3) is 4.40. The summed E-state index contributed by atoms with van der Waals surface area (Å²) < 4.78 is 13.0. The Morgan fingerprint density at radius 3 is 2.87 bits per heavy atom. The molecule has 4 rings (SSSR count). The summed E-state index contributed by atoms with van der Waals surface area (Å²) in [6, 6.07) is 6.14. The number of aliphatic carboxylic acids is 1. The predicted molar refractivity (Wildman–Crippen MR) is 114 cm³/mol. The summed E-state index contributed by atoms with van der Waals surface area (Å²) in [5.74, 6) is -0.279. The summed E-state index contributed by atoms with van der Waals surface area (Å²) in [7, 11) is 0. The van der Waals surface area contributed by atoms with Crippen molar-refractivity contribution < 1.29 is 19.4 Å². The first-order valence-corrected chi connectivity index (χ1v) is 10.8. The van der Waals surface area contributed by atoms with Crippen LogP contribution < -0.4 is 10.3 Å². The fourth-order valence-electron chi connectivity index (χ4n) is 4.32. The molecule has 160 valence electrons. The molecule has 6 nitrogen and oxygen atoms in total. The van der Waals surface area contributed by atoms with Crippen molar-refractivity contribution in [3.05, 3.63) is 51.4 Å². The van der Waals surface area contributed by atoms with Gasteiger partial charge in [-0.15, -0.1) is 0 Å². The number of fused-ring (bicyclic) bond motifs is 3. The Hall–Kier alpha value is -2.31. The monoisotopic (exact) mass is 431 g/mol. The molecule has 0 saturated carbocycles. The molecule has 3 atom stereocenters. The normalized spacial score (nSPS) is 22.1. The van der Waals surface area contributed by atoms with Crippen molar-refractivity contribution in [1.82, 2.24) is 4.57 Å². The van der Waals surface area contributed by atoms with Crippen molar-refractivity contribution in [2.24, 2.45) is 5.92 Å². The number of ether oxygens (including phenoxy) is 2. The Labute approximate surface area is 180 Å². The van der Waals surface area contributed by atoms with Crippen LogP contribution in [0.4, 0.5) is 0 Å². The number of rotatable bonds is 4. The summed E-state index contributed by atoms with van der Waals surface area (Å²) in [4.78, 5) is 25.0. The van der Waals surface area contributed by atoms with Crippen molar-refractivity contribution >= 4 is 17.6 Å². The summed E-state index contributed by atoms with van der Waals surface area (Å²) in [5.41, 5.74) is 2.23.